The predicted octanol–water partition coefficient (Wildman–Crippen LogP) is 0.153. The highest BCUT2D eigenvalue weighted by molar-refractivity contribution is 7.82. The van der Waals surface area contributed by atoms with Gasteiger partial charge in [-0.3, -0.25) is 4.79 Å². The number of pyridine rings is 1. The van der Waals surface area contributed by atoms with Crippen molar-refractivity contribution in [2.75, 3.05) is 0 Å². The number of hydrogen-bond donors (Lipinski definition) is 3. The number of hydrogen-bond acceptors (Lipinski definition) is 6. The fraction of sp³-hybridized carbons (Fsp3) is 0.0714. The molecular formula is C14H11N7O2S. The van der Waals surface area contributed by atoms with Crippen molar-refractivity contribution in [3.05, 3.63) is 41.6 Å². The Bertz CT molecular complexity index is 971. The van der Waals surface area contributed by atoms with E-state index in [-0.39, 0.29) is 16.8 Å². The molecule has 1 atom stereocenters. The number of nitrogens with one attached hydrogen (secondary N) is 2. The molecule has 4 rings (SSSR count). The van der Waals surface area contributed by atoms with E-state index in [1.54, 1.807) is 12.1 Å². The van der Waals surface area contributed by atoms with Gasteiger partial charge < -0.3 is 5.32 Å². The highest BCUT2D eigenvalue weighted by Gasteiger charge is 2.23. The van der Waals surface area contributed by atoms with E-state index in [0.29, 0.717) is 23.2 Å². The molecule has 3 aromatic rings. The van der Waals surface area contributed by atoms with Crippen molar-refractivity contribution in [2.45, 2.75) is 11.6 Å². The van der Waals surface area contributed by atoms with Crippen LogP contribution in [0.4, 0.5) is 0 Å². The van der Waals surface area contributed by atoms with E-state index in [1.807, 2.05) is 12.1 Å². The van der Waals surface area contributed by atoms with Gasteiger partial charge in [-0.2, -0.15) is 5.21 Å². The molecule has 1 unspecified atom stereocenters. The minimum Gasteiger partial charge on any atom is -0.348 e. The fourth-order valence-corrected chi connectivity index (χ4v) is 3.29. The van der Waals surface area contributed by atoms with Crippen LogP contribution in [0.3, 0.4) is 0 Å². The summed E-state index contributed by atoms with van der Waals surface area (Å²) >= 11 is 0. The van der Waals surface area contributed by atoms with Crippen molar-refractivity contribution < 1.29 is 9.00 Å². The number of H-pyrrole nitrogens is 1. The highest BCUT2D eigenvalue weighted by atomic mass is 32.2. The van der Waals surface area contributed by atoms with Crippen LogP contribution in [0.1, 0.15) is 15.9 Å². The Morgan fingerprint density at radius 1 is 1.21 bits per heavy atom. The maximum atomic E-state index is 11.9. The number of nitrogens with zero attached hydrogens (tertiary/aromatic N) is 4. The smallest absolute Gasteiger partial charge is 0.251 e. The van der Waals surface area contributed by atoms with E-state index in [1.165, 1.54) is 6.20 Å². The Balaban J connectivity index is 1.95. The SMILES string of the molecule is NS(=O)c1nccc(-c2ccc3c(c2)CNC3=O)c1-c1nn[nH]n1. The lowest BCUT2D eigenvalue weighted by Gasteiger charge is -2.10. The molecule has 10 heteroatoms. The highest BCUT2D eigenvalue weighted by Crippen LogP contribution is 2.34. The predicted molar refractivity (Wildman–Crippen MR) is 84.6 cm³/mol. The second-order valence-electron chi connectivity index (χ2n) is 5.13. The third-order valence-electron chi connectivity index (χ3n) is 3.78. The van der Waals surface area contributed by atoms with E-state index >= 15 is 0 Å². The molecule has 2 aromatic heterocycles. The normalized spacial score (nSPS) is 14.3. The molecule has 0 radical (unpaired) electrons. The molecule has 9 nitrogen and oxygen atoms in total. The summed E-state index contributed by atoms with van der Waals surface area (Å²) in [5.41, 5.74) is 3.52. The molecule has 0 saturated carbocycles. The zero-order valence-electron chi connectivity index (χ0n) is 12.2. The van der Waals surface area contributed by atoms with Crippen molar-refractivity contribution in [3.8, 4) is 22.5 Å². The van der Waals surface area contributed by atoms with Crippen LogP contribution in [0.15, 0.2) is 35.5 Å². The fourth-order valence-electron chi connectivity index (χ4n) is 2.72. The lowest BCUT2D eigenvalue weighted by atomic mass is 9.97. The summed E-state index contributed by atoms with van der Waals surface area (Å²) in [6.45, 7) is 0.473. The summed E-state index contributed by atoms with van der Waals surface area (Å²) in [5.74, 6) is 0.162. The van der Waals surface area contributed by atoms with Crippen molar-refractivity contribution in [2.24, 2.45) is 5.14 Å². The van der Waals surface area contributed by atoms with Crippen LogP contribution in [0, 0.1) is 0 Å². The Morgan fingerprint density at radius 3 is 2.83 bits per heavy atom. The molecule has 4 N–H and O–H groups in total. The summed E-state index contributed by atoms with van der Waals surface area (Å²) in [6.07, 6.45) is 1.52. The topological polar surface area (TPSA) is 140 Å². The molecule has 120 valence electrons. The Labute approximate surface area is 138 Å². The van der Waals surface area contributed by atoms with Crippen LogP contribution in [-0.4, -0.2) is 35.7 Å². The quantitative estimate of drug-likeness (QED) is 0.620. The summed E-state index contributed by atoms with van der Waals surface area (Å²) in [4.78, 5) is 15.8. The first-order chi connectivity index (χ1) is 11.6. The zero-order valence-corrected chi connectivity index (χ0v) is 13.0. The first kappa shape index (κ1) is 14.6. The van der Waals surface area contributed by atoms with Gasteiger partial charge in [0.15, 0.2) is 5.03 Å². The van der Waals surface area contributed by atoms with Crippen LogP contribution in [0.25, 0.3) is 22.5 Å². The summed E-state index contributed by atoms with van der Waals surface area (Å²) in [6, 6.07) is 7.22. The van der Waals surface area contributed by atoms with Crippen molar-refractivity contribution in [1.29, 1.82) is 0 Å². The number of fused-ring (bicyclic) bond motifs is 1. The minimum atomic E-state index is -1.81. The van der Waals surface area contributed by atoms with Crippen molar-refractivity contribution in [1.82, 2.24) is 30.9 Å². The third-order valence-corrected chi connectivity index (χ3v) is 4.47. The minimum absolute atomic E-state index is 0.0894. The van der Waals surface area contributed by atoms with E-state index in [2.05, 4.69) is 30.9 Å². The average Bonchev–Trinajstić information content (AvgIpc) is 3.24. The maximum Gasteiger partial charge on any atom is 0.251 e. The number of tetrazole rings is 1. The summed E-state index contributed by atoms with van der Waals surface area (Å²) < 4.78 is 11.9. The molecule has 0 bridgehead atoms. The molecule has 0 fully saturated rings. The van der Waals surface area contributed by atoms with Crippen LogP contribution in [0.2, 0.25) is 0 Å². The third kappa shape index (κ3) is 2.28. The number of nitrogens with two attached hydrogens (primary N) is 1. The number of rotatable bonds is 3. The van der Waals surface area contributed by atoms with Crippen LogP contribution < -0.4 is 10.5 Å². The van der Waals surface area contributed by atoms with Crippen LogP contribution in [0.5, 0.6) is 0 Å². The molecular weight excluding hydrogens is 330 g/mol. The second-order valence-corrected chi connectivity index (χ2v) is 6.11. The molecule has 0 aliphatic carbocycles. The van der Waals surface area contributed by atoms with Gasteiger partial charge in [0, 0.05) is 18.3 Å². The molecule has 1 aliphatic heterocycles. The number of amides is 1. The van der Waals surface area contributed by atoms with Gasteiger partial charge in [0.05, 0.1) is 5.56 Å². The van der Waals surface area contributed by atoms with Gasteiger partial charge in [-0.25, -0.2) is 14.3 Å². The molecule has 1 amide bonds. The van der Waals surface area contributed by atoms with Crippen molar-refractivity contribution >= 4 is 16.9 Å². The van der Waals surface area contributed by atoms with Gasteiger partial charge in [-0.05, 0) is 40.1 Å². The van der Waals surface area contributed by atoms with E-state index in [4.69, 9.17) is 5.14 Å². The Morgan fingerprint density at radius 2 is 2.08 bits per heavy atom. The molecule has 1 aliphatic rings. The van der Waals surface area contributed by atoms with Gasteiger partial charge in [0.1, 0.15) is 11.0 Å². The number of carbonyl (C=O) groups excluding carboxylic acids is 1. The van der Waals surface area contributed by atoms with Gasteiger partial charge in [-0.1, -0.05) is 6.07 Å². The van der Waals surface area contributed by atoms with Gasteiger partial charge in [0.2, 0.25) is 5.82 Å². The molecule has 0 spiro atoms. The number of aromatic nitrogens is 5. The first-order valence-corrected chi connectivity index (χ1v) is 8.17. The summed E-state index contributed by atoms with van der Waals surface area (Å²) in [5, 5.41) is 22.3. The molecule has 0 saturated heterocycles. The number of benzene rings is 1. The monoisotopic (exact) mass is 341 g/mol. The maximum absolute atomic E-state index is 11.9. The van der Waals surface area contributed by atoms with Crippen LogP contribution >= 0.6 is 0 Å². The molecule has 3 heterocycles. The van der Waals surface area contributed by atoms with Crippen molar-refractivity contribution in [3.63, 3.8) is 0 Å². The second kappa shape index (κ2) is 5.58. The zero-order chi connectivity index (χ0) is 16.7. The average molecular weight is 341 g/mol. The van der Waals surface area contributed by atoms with E-state index in [9.17, 15) is 9.00 Å². The standard InChI is InChI=1S/C14H11N7O2S/c15-24(23)14-11(12-18-20-21-19-12)9(3-4-16-14)7-1-2-10-8(5-7)6-17-13(10)22/h1-5H,6,15H2,(H,17,22)(H,18,19,20,21). The summed E-state index contributed by atoms with van der Waals surface area (Å²) in [7, 11) is -1.81. The Kier molecular flexibility index (Phi) is 3.40. The number of aromatic amines is 1. The largest absolute Gasteiger partial charge is 0.348 e. The van der Waals surface area contributed by atoms with Gasteiger partial charge in [-0.15, -0.1) is 10.2 Å². The first-order valence-electron chi connectivity index (χ1n) is 6.95. The molecule has 24 heavy (non-hydrogen) atoms. The number of carbonyl (C=O) groups is 1. The lowest BCUT2D eigenvalue weighted by molar-refractivity contribution is 0.0966. The Hall–Kier alpha value is -2.98. The van der Waals surface area contributed by atoms with E-state index in [0.717, 1.165) is 11.1 Å². The van der Waals surface area contributed by atoms with Gasteiger partial charge in [0.25, 0.3) is 5.91 Å². The van der Waals surface area contributed by atoms with Gasteiger partial charge >= 0.3 is 0 Å². The lowest BCUT2D eigenvalue weighted by Crippen LogP contribution is -2.12. The molecule has 1 aromatic carbocycles. The van der Waals surface area contributed by atoms with E-state index < -0.39 is 11.0 Å². The van der Waals surface area contributed by atoms with Crippen LogP contribution in [-0.2, 0) is 17.5 Å².